The normalized spacial score (nSPS) is 10.6. The first-order chi connectivity index (χ1) is 6.93. The van der Waals surface area contributed by atoms with Crippen molar-refractivity contribution in [3.8, 4) is 0 Å². The molecule has 14 heavy (non-hydrogen) atoms. The Morgan fingerprint density at radius 3 is 2.93 bits per heavy atom. The van der Waals surface area contributed by atoms with E-state index >= 15 is 0 Å². The molecule has 0 amide bonds. The van der Waals surface area contributed by atoms with Gasteiger partial charge in [0.15, 0.2) is 6.33 Å². The van der Waals surface area contributed by atoms with E-state index in [9.17, 15) is 0 Å². The van der Waals surface area contributed by atoms with Crippen LogP contribution in [0, 0.1) is 0 Å². The molecule has 0 aliphatic heterocycles. The highest BCUT2D eigenvalue weighted by molar-refractivity contribution is 4.74. The molecule has 0 unspecified atom stereocenters. The van der Waals surface area contributed by atoms with Crippen molar-refractivity contribution in [3.63, 3.8) is 0 Å². The van der Waals surface area contributed by atoms with Crippen molar-refractivity contribution in [2.75, 3.05) is 13.1 Å². The van der Waals surface area contributed by atoms with Gasteiger partial charge in [-0.3, -0.25) is 0 Å². The summed E-state index contributed by atoms with van der Waals surface area (Å²) in [5.41, 5.74) is 0. The van der Waals surface area contributed by atoms with E-state index in [0.29, 0.717) is 5.89 Å². The summed E-state index contributed by atoms with van der Waals surface area (Å²) in [5, 5.41) is 6.90. The lowest BCUT2D eigenvalue weighted by Gasteiger charge is -2.01. The zero-order valence-corrected chi connectivity index (χ0v) is 8.83. The van der Waals surface area contributed by atoms with E-state index in [2.05, 4.69) is 22.4 Å². The van der Waals surface area contributed by atoms with Crippen LogP contribution in [0.25, 0.3) is 0 Å². The Bertz CT molecular complexity index is 211. The number of nitrogens with zero attached hydrogens (tertiary/aromatic N) is 2. The smallest absolute Gasteiger partial charge is 0.227 e. The van der Waals surface area contributed by atoms with Crippen LogP contribution >= 0.6 is 0 Å². The van der Waals surface area contributed by atoms with E-state index in [1.807, 2.05) is 0 Å². The average molecular weight is 197 g/mol. The Hall–Kier alpha value is -0.900. The largest absolute Gasteiger partial charge is 0.340 e. The summed E-state index contributed by atoms with van der Waals surface area (Å²) in [5.74, 6) is 0.714. The first-order valence-corrected chi connectivity index (χ1v) is 5.39. The van der Waals surface area contributed by atoms with Crippen LogP contribution in [0.15, 0.2) is 10.9 Å². The van der Waals surface area contributed by atoms with Gasteiger partial charge in [-0.2, -0.15) is 4.98 Å². The fourth-order valence-corrected chi connectivity index (χ4v) is 1.30. The number of nitrogens with one attached hydrogen (secondary N) is 1. The number of rotatable bonds is 8. The molecule has 0 aliphatic carbocycles. The van der Waals surface area contributed by atoms with Gasteiger partial charge in [-0.1, -0.05) is 31.3 Å². The molecule has 0 radical (unpaired) electrons. The summed E-state index contributed by atoms with van der Waals surface area (Å²) in [6, 6.07) is 0. The second-order valence-corrected chi connectivity index (χ2v) is 3.40. The van der Waals surface area contributed by atoms with Crippen molar-refractivity contribution in [1.82, 2.24) is 15.5 Å². The van der Waals surface area contributed by atoms with Crippen LogP contribution in [-0.2, 0) is 6.42 Å². The summed E-state index contributed by atoms with van der Waals surface area (Å²) < 4.78 is 4.88. The Balaban J connectivity index is 1.85. The summed E-state index contributed by atoms with van der Waals surface area (Å²) in [4.78, 5) is 3.95. The third-order valence-corrected chi connectivity index (χ3v) is 2.13. The predicted molar refractivity (Wildman–Crippen MR) is 55.0 cm³/mol. The van der Waals surface area contributed by atoms with Crippen LogP contribution in [0.3, 0.4) is 0 Å². The van der Waals surface area contributed by atoms with Crippen LogP contribution in [0.1, 0.15) is 38.5 Å². The molecule has 1 N–H and O–H groups in total. The Kier molecular flexibility index (Phi) is 5.99. The van der Waals surface area contributed by atoms with Gasteiger partial charge >= 0.3 is 0 Å². The first kappa shape index (κ1) is 11.2. The zero-order chi connectivity index (χ0) is 10.1. The molecule has 1 aromatic rings. The lowest BCUT2D eigenvalue weighted by atomic mass is 10.2. The van der Waals surface area contributed by atoms with Crippen LogP contribution in [-0.4, -0.2) is 23.2 Å². The topological polar surface area (TPSA) is 51.0 Å². The van der Waals surface area contributed by atoms with Crippen molar-refractivity contribution in [2.45, 2.75) is 39.0 Å². The maximum atomic E-state index is 4.88. The molecule has 1 heterocycles. The van der Waals surface area contributed by atoms with Crippen molar-refractivity contribution in [3.05, 3.63) is 12.2 Å². The molecule has 4 nitrogen and oxygen atoms in total. The van der Waals surface area contributed by atoms with Crippen molar-refractivity contribution in [2.24, 2.45) is 0 Å². The Morgan fingerprint density at radius 1 is 1.29 bits per heavy atom. The third kappa shape index (κ3) is 4.97. The molecule has 1 aromatic heterocycles. The van der Waals surface area contributed by atoms with Gasteiger partial charge in [0.1, 0.15) is 0 Å². The van der Waals surface area contributed by atoms with Gasteiger partial charge in [-0.05, 0) is 13.0 Å². The minimum atomic E-state index is 0.714. The molecule has 0 bridgehead atoms. The molecule has 0 atom stereocenters. The lowest BCUT2D eigenvalue weighted by Crippen LogP contribution is -2.18. The molecular weight excluding hydrogens is 178 g/mol. The number of aromatic nitrogens is 2. The third-order valence-electron chi connectivity index (χ3n) is 2.13. The van der Waals surface area contributed by atoms with Crippen molar-refractivity contribution in [1.29, 1.82) is 0 Å². The molecular formula is C10H19N3O. The second kappa shape index (κ2) is 7.50. The average Bonchev–Trinajstić information content (AvgIpc) is 2.69. The van der Waals surface area contributed by atoms with Crippen LogP contribution < -0.4 is 5.32 Å². The van der Waals surface area contributed by atoms with E-state index in [1.54, 1.807) is 0 Å². The molecule has 0 aromatic carbocycles. The number of hydrogen-bond acceptors (Lipinski definition) is 4. The predicted octanol–water partition coefficient (Wildman–Crippen LogP) is 1.78. The summed E-state index contributed by atoms with van der Waals surface area (Å²) >= 11 is 0. The van der Waals surface area contributed by atoms with Crippen LogP contribution in [0.4, 0.5) is 0 Å². The molecule has 1 rings (SSSR count). The van der Waals surface area contributed by atoms with Gasteiger partial charge in [0.2, 0.25) is 5.89 Å². The summed E-state index contributed by atoms with van der Waals surface area (Å²) in [6.07, 6.45) is 7.49. The fourth-order valence-electron chi connectivity index (χ4n) is 1.30. The minimum Gasteiger partial charge on any atom is -0.340 e. The Morgan fingerprint density at radius 2 is 2.21 bits per heavy atom. The molecule has 0 saturated heterocycles. The maximum absolute atomic E-state index is 4.88. The molecule has 80 valence electrons. The zero-order valence-electron chi connectivity index (χ0n) is 8.83. The van der Waals surface area contributed by atoms with Crippen molar-refractivity contribution < 1.29 is 4.52 Å². The second-order valence-electron chi connectivity index (χ2n) is 3.40. The first-order valence-electron chi connectivity index (χ1n) is 5.39. The monoisotopic (exact) mass is 197 g/mol. The number of hydrogen-bond donors (Lipinski definition) is 1. The highest BCUT2D eigenvalue weighted by Crippen LogP contribution is 1.97. The summed E-state index contributed by atoms with van der Waals surface area (Å²) in [7, 11) is 0. The molecule has 4 heteroatoms. The van der Waals surface area contributed by atoms with Gasteiger partial charge in [-0.25, -0.2) is 0 Å². The SMILES string of the molecule is CCCCCCNCCc1ncno1. The van der Waals surface area contributed by atoms with E-state index in [0.717, 1.165) is 19.5 Å². The fraction of sp³-hybridized carbons (Fsp3) is 0.800. The number of unbranched alkanes of at least 4 members (excludes halogenated alkanes) is 3. The summed E-state index contributed by atoms with van der Waals surface area (Å²) in [6.45, 7) is 4.24. The van der Waals surface area contributed by atoms with Gasteiger partial charge < -0.3 is 9.84 Å². The van der Waals surface area contributed by atoms with Gasteiger partial charge in [-0.15, -0.1) is 0 Å². The van der Waals surface area contributed by atoms with E-state index in [1.165, 1.54) is 32.0 Å². The van der Waals surface area contributed by atoms with Gasteiger partial charge in [0.25, 0.3) is 0 Å². The minimum absolute atomic E-state index is 0.714. The standard InChI is InChI=1S/C10H19N3O/c1-2-3-4-5-7-11-8-6-10-12-9-13-14-10/h9,11H,2-8H2,1H3. The maximum Gasteiger partial charge on any atom is 0.227 e. The van der Waals surface area contributed by atoms with Crippen LogP contribution in [0.5, 0.6) is 0 Å². The molecule has 0 saturated carbocycles. The van der Waals surface area contributed by atoms with Gasteiger partial charge in [0.05, 0.1) is 0 Å². The van der Waals surface area contributed by atoms with Gasteiger partial charge in [0, 0.05) is 13.0 Å². The molecule has 0 spiro atoms. The van der Waals surface area contributed by atoms with Crippen molar-refractivity contribution >= 4 is 0 Å². The highest BCUT2D eigenvalue weighted by atomic mass is 16.5. The van der Waals surface area contributed by atoms with E-state index < -0.39 is 0 Å². The molecule has 0 aliphatic rings. The highest BCUT2D eigenvalue weighted by Gasteiger charge is 1.97. The van der Waals surface area contributed by atoms with E-state index in [-0.39, 0.29) is 0 Å². The van der Waals surface area contributed by atoms with E-state index in [4.69, 9.17) is 4.52 Å². The lowest BCUT2D eigenvalue weighted by molar-refractivity contribution is 0.374. The quantitative estimate of drug-likeness (QED) is 0.645. The Labute approximate surface area is 85.1 Å². The van der Waals surface area contributed by atoms with Crippen LogP contribution in [0.2, 0.25) is 0 Å². The molecule has 0 fully saturated rings.